The zero-order chi connectivity index (χ0) is 19.9. The number of morpholine rings is 1. The molecule has 0 unspecified atom stereocenters. The van der Waals surface area contributed by atoms with Gasteiger partial charge >= 0.3 is 0 Å². The van der Waals surface area contributed by atoms with Crippen molar-refractivity contribution in [2.45, 2.75) is 13.0 Å². The minimum atomic E-state index is -0.278. The number of benzene rings is 2. The molecule has 0 aliphatic carbocycles. The van der Waals surface area contributed by atoms with Crippen molar-refractivity contribution < 1.29 is 18.7 Å². The molecule has 1 aliphatic heterocycles. The van der Waals surface area contributed by atoms with Gasteiger partial charge in [-0.1, -0.05) is 23.7 Å². The molecule has 1 saturated heterocycles. The van der Waals surface area contributed by atoms with E-state index in [4.69, 9.17) is 21.1 Å². The van der Waals surface area contributed by atoms with Crippen molar-refractivity contribution in [1.29, 1.82) is 0 Å². The zero-order valence-electron chi connectivity index (χ0n) is 15.8. The molecule has 0 aromatic heterocycles. The van der Waals surface area contributed by atoms with Gasteiger partial charge < -0.3 is 14.8 Å². The van der Waals surface area contributed by atoms with Gasteiger partial charge in [0.2, 0.25) is 0 Å². The minimum Gasteiger partial charge on any atom is -0.484 e. The molecular formula is C21H24ClFN2O3. The Kier molecular flexibility index (Phi) is 7.25. The number of aryl methyl sites for hydroxylation is 1. The summed E-state index contributed by atoms with van der Waals surface area (Å²) in [5.74, 6) is 0.137. The average molecular weight is 407 g/mol. The Bertz CT molecular complexity index is 795. The molecule has 1 aliphatic rings. The summed E-state index contributed by atoms with van der Waals surface area (Å²) in [5.41, 5.74) is 1.83. The van der Waals surface area contributed by atoms with Gasteiger partial charge in [-0.3, -0.25) is 9.69 Å². The summed E-state index contributed by atoms with van der Waals surface area (Å²) < 4.78 is 24.3. The SMILES string of the molecule is Cc1cc(Cl)ccc1OCC(=O)NC[C@@H](c1ccc(F)cc1)N1CCOCC1. The molecule has 0 saturated carbocycles. The van der Waals surface area contributed by atoms with Crippen LogP contribution in [0.3, 0.4) is 0 Å². The molecule has 0 radical (unpaired) electrons. The van der Waals surface area contributed by atoms with E-state index in [1.807, 2.05) is 6.92 Å². The molecule has 2 aromatic carbocycles. The van der Waals surface area contributed by atoms with E-state index in [1.165, 1.54) is 12.1 Å². The molecule has 7 heteroatoms. The van der Waals surface area contributed by atoms with Crippen LogP contribution in [-0.2, 0) is 9.53 Å². The number of nitrogens with one attached hydrogen (secondary N) is 1. The maximum Gasteiger partial charge on any atom is 0.258 e. The van der Waals surface area contributed by atoms with E-state index >= 15 is 0 Å². The molecule has 28 heavy (non-hydrogen) atoms. The third kappa shape index (κ3) is 5.67. The summed E-state index contributed by atoms with van der Waals surface area (Å²) in [5, 5.41) is 3.55. The van der Waals surface area contributed by atoms with Crippen LogP contribution in [0.2, 0.25) is 5.02 Å². The third-order valence-electron chi connectivity index (χ3n) is 4.73. The molecule has 3 rings (SSSR count). The molecular weight excluding hydrogens is 383 g/mol. The zero-order valence-corrected chi connectivity index (χ0v) is 16.5. The van der Waals surface area contributed by atoms with Crippen LogP contribution >= 0.6 is 11.6 Å². The highest BCUT2D eigenvalue weighted by Crippen LogP contribution is 2.23. The molecule has 0 spiro atoms. The lowest BCUT2D eigenvalue weighted by Gasteiger charge is -2.35. The molecule has 1 heterocycles. The summed E-state index contributed by atoms with van der Waals surface area (Å²) in [6.45, 7) is 5.02. The highest BCUT2D eigenvalue weighted by Gasteiger charge is 2.23. The van der Waals surface area contributed by atoms with Gasteiger partial charge in [-0.15, -0.1) is 0 Å². The van der Waals surface area contributed by atoms with Gasteiger partial charge in [0.15, 0.2) is 6.61 Å². The number of amides is 1. The predicted molar refractivity (Wildman–Crippen MR) is 106 cm³/mol. The van der Waals surface area contributed by atoms with Crippen LogP contribution < -0.4 is 10.1 Å². The van der Waals surface area contributed by atoms with Crippen LogP contribution in [0, 0.1) is 12.7 Å². The van der Waals surface area contributed by atoms with E-state index in [9.17, 15) is 9.18 Å². The van der Waals surface area contributed by atoms with E-state index in [-0.39, 0.29) is 24.4 Å². The van der Waals surface area contributed by atoms with Crippen molar-refractivity contribution >= 4 is 17.5 Å². The molecule has 1 N–H and O–H groups in total. The van der Waals surface area contributed by atoms with Crippen LogP contribution in [0.25, 0.3) is 0 Å². The Hall–Kier alpha value is -2.15. The van der Waals surface area contributed by atoms with Gasteiger partial charge in [0.05, 0.1) is 19.3 Å². The van der Waals surface area contributed by atoms with Crippen molar-refractivity contribution in [3.05, 3.63) is 64.4 Å². The molecule has 5 nitrogen and oxygen atoms in total. The van der Waals surface area contributed by atoms with Crippen LogP contribution in [0.15, 0.2) is 42.5 Å². The van der Waals surface area contributed by atoms with E-state index in [0.29, 0.717) is 30.5 Å². The Morgan fingerprint density at radius 2 is 1.96 bits per heavy atom. The van der Waals surface area contributed by atoms with Gasteiger partial charge in [-0.2, -0.15) is 0 Å². The smallest absolute Gasteiger partial charge is 0.258 e. The summed E-state index contributed by atoms with van der Waals surface area (Å²) in [6, 6.07) is 11.6. The summed E-state index contributed by atoms with van der Waals surface area (Å²) in [4.78, 5) is 14.5. The Balaban J connectivity index is 1.59. The van der Waals surface area contributed by atoms with E-state index in [1.54, 1.807) is 30.3 Å². The lowest BCUT2D eigenvalue weighted by molar-refractivity contribution is -0.123. The van der Waals surface area contributed by atoms with Crippen LogP contribution in [0.1, 0.15) is 17.2 Å². The van der Waals surface area contributed by atoms with Crippen molar-refractivity contribution in [1.82, 2.24) is 10.2 Å². The van der Waals surface area contributed by atoms with E-state index in [0.717, 1.165) is 24.2 Å². The molecule has 1 fully saturated rings. The number of ether oxygens (including phenoxy) is 2. The van der Waals surface area contributed by atoms with Crippen molar-refractivity contribution in [3.8, 4) is 5.75 Å². The molecule has 0 bridgehead atoms. The number of hydrogen-bond donors (Lipinski definition) is 1. The minimum absolute atomic E-state index is 0.0503. The number of carbonyl (C=O) groups is 1. The maximum atomic E-state index is 13.3. The quantitative estimate of drug-likeness (QED) is 0.766. The number of rotatable bonds is 7. The fourth-order valence-corrected chi connectivity index (χ4v) is 3.44. The third-order valence-corrected chi connectivity index (χ3v) is 4.96. The van der Waals surface area contributed by atoms with Gasteiger partial charge in [0.25, 0.3) is 5.91 Å². The fourth-order valence-electron chi connectivity index (χ4n) is 3.21. The lowest BCUT2D eigenvalue weighted by Crippen LogP contribution is -2.44. The van der Waals surface area contributed by atoms with Crippen molar-refractivity contribution in [2.75, 3.05) is 39.5 Å². The van der Waals surface area contributed by atoms with Crippen molar-refractivity contribution in [2.24, 2.45) is 0 Å². The molecule has 1 amide bonds. The van der Waals surface area contributed by atoms with Gasteiger partial charge in [0.1, 0.15) is 11.6 Å². The first-order valence-electron chi connectivity index (χ1n) is 9.26. The van der Waals surface area contributed by atoms with E-state index in [2.05, 4.69) is 10.2 Å². The average Bonchev–Trinajstić information content (AvgIpc) is 2.69. The first-order chi connectivity index (χ1) is 13.5. The highest BCUT2D eigenvalue weighted by atomic mass is 35.5. The topological polar surface area (TPSA) is 50.8 Å². The second kappa shape index (κ2) is 9.87. The molecule has 2 aromatic rings. The Morgan fingerprint density at radius 1 is 1.25 bits per heavy atom. The highest BCUT2D eigenvalue weighted by molar-refractivity contribution is 6.30. The predicted octanol–water partition coefficient (Wildman–Crippen LogP) is 3.36. The normalized spacial score (nSPS) is 15.8. The number of hydrogen-bond acceptors (Lipinski definition) is 4. The summed E-state index contributed by atoms with van der Waals surface area (Å²) in [6.07, 6.45) is 0. The van der Waals surface area contributed by atoms with Gasteiger partial charge in [-0.25, -0.2) is 4.39 Å². The number of carbonyl (C=O) groups excluding carboxylic acids is 1. The van der Waals surface area contributed by atoms with Crippen LogP contribution in [-0.4, -0.2) is 50.3 Å². The summed E-state index contributed by atoms with van der Waals surface area (Å²) in [7, 11) is 0. The van der Waals surface area contributed by atoms with Gasteiger partial charge in [-0.05, 0) is 48.4 Å². The number of nitrogens with zero attached hydrogens (tertiary/aromatic N) is 1. The molecule has 150 valence electrons. The Morgan fingerprint density at radius 3 is 2.64 bits per heavy atom. The number of halogens is 2. The first-order valence-corrected chi connectivity index (χ1v) is 9.63. The Labute approximate surface area is 169 Å². The first kappa shape index (κ1) is 20.6. The van der Waals surface area contributed by atoms with E-state index < -0.39 is 0 Å². The maximum absolute atomic E-state index is 13.3. The standard InChI is InChI=1S/C21H24ClFN2O3/c1-15-12-17(22)4-7-20(15)28-14-21(26)24-13-19(25-8-10-27-11-9-25)16-2-5-18(23)6-3-16/h2-7,12,19H,8-11,13-14H2,1H3,(H,24,26)/t19-/m0/s1. The largest absolute Gasteiger partial charge is 0.484 e. The second-order valence-corrected chi connectivity index (χ2v) is 7.15. The summed E-state index contributed by atoms with van der Waals surface area (Å²) >= 11 is 5.93. The fraction of sp³-hybridized carbons (Fsp3) is 0.381. The second-order valence-electron chi connectivity index (χ2n) is 6.72. The monoisotopic (exact) mass is 406 g/mol. The van der Waals surface area contributed by atoms with Gasteiger partial charge in [0, 0.05) is 24.7 Å². The van der Waals surface area contributed by atoms with Crippen molar-refractivity contribution in [3.63, 3.8) is 0 Å². The molecule has 1 atom stereocenters. The van der Waals surface area contributed by atoms with Crippen LogP contribution in [0.5, 0.6) is 5.75 Å². The van der Waals surface area contributed by atoms with Crippen LogP contribution in [0.4, 0.5) is 4.39 Å². The lowest BCUT2D eigenvalue weighted by atomic mass is 10.0.